The summed E-state index contributed by atoms with van der Waals surface area (Å²) in [5.41, 5.74) is 0.709. The van der Waals surface area contributed by atoms with Gasteiger partial charge in [-0.05, 0) is 29.8 Å². The average Bonchev–Trinajstić information content (AvgIpc) is 2.72. The zero-order valence-electron chi connectivity index (χ0n) is 14.8. The van der Waals surface area contributed by atoms with Crippen LogP contribution in [-0.2, 0) is 20.9 Å². The summed E-state index contributed by atoms with van der Waals surface area (Å²) in [6, 6.07) is 8.52. The maximum absolute atomic E-state index is 12.2. The lowest BCUT2D eigenvalue weighted by Crippen LogP contribution is -2.59. The van der Waals surface area contributed by atoms with Gasteiger partial charge in [0.05, 0.1) is 16.7 Å². The van der Waals surface area contributed by atoms with Crippen LogP contribution in [0.5, 0.6) is 0 Å². The SMILES string of the molecule is O=C(S[C@H]1CC(=O)N1C(O)C(=O)OCc1ccc([N+](=O)[O-])cc1)c1cccnc1. The lowest BCUT2D eigenvalue weighted by atomic mass is 10.2. The molecule has 29 heavy (non-hydrogen) atoms. The minimum Gasteiger partial charge on any atom is -0.457 e. The number of β-lactam (4-membered cyclic amide) rings is 1. The molecule has 1 amide bonds. The number of aliphatic hydroxyl groups excluding tert-OH is 1. The number of nitro groups is 1. The van der Waals surface area contributed by atoms with Crippen molar-refractivity contribution in [1.29, 1.82) is 0 Å². The van der Waals surface area contributed by atoms with Crippen LogP contribution < -0.4 is 0 Å². The first-order valence-corrected chi connectivity index (χ1v) is 9.25. The molecule has 0 radical (unpaired) electrons. The molecule has 0 bridgehead atoms. The van der Waals surface area contributed by atoms with Gasteiger partial charge >= 0.3 is 5.97 Å². The molecule has 2 atom stereocenters. The van der Waals surface area contributed by atoms with E-state index in [-0.39, 0.29) is 23.8 Å². The Labute approximate surface area is 168 Å². The number of nitro benzene ring substituents is 1. The van der Waals surface area contributed by atoms with Crippen LogP contribution in [0.1, 0.15) is 22.3 Å². The molecule has 1 saturated heterocycles. The Morgan fingerprint density at radius 3 is 2.66 bits per heavy atom. The van der Waals surface area contributed by atoms with Gasteiger partial charge in [0.15, 0.2) is 0 Å². The summed E-state index contributed by atoms with van der Waals surface area (Å²) >= 11 is 0.810. The minimum atomic E-state index is -1.85. The van der Waals surface area contributed by atoms with E-state index in [1.54, 1.807) is 12.1 Å². The predicted octanol–water partition coefficient (Wildman–Crippen LogP) is 1.48. The van der Waals surface area contributed by atoms with Crippen molar-refractivity contribution in [3.63, 3.8) is 0 Å². The van der Waals surface area contributed by atoms with Gasteiger partial charge in [0.1, 0.15) is 6.61 Å². The van der Waals surface area contributed by atoms with Crippen LogP contribution in [0.2, 0.25) is 0 Å². The number of benzene rings is 1. The van der Waals surface area contributed by atoms with Crippen molar-refractivity contribution in [3.8, 4) is 0 Å². The maximum atomic E-state index is 12.2. The van der Waals surface area contributed by atoms with Crippen LogP contribution in [0, 0.1) is 10.1 Å². The van der Waals surface area contributed by atoms with Crippen molar-refractivity contribution in [2.45, 2.75) is 24.6 Å². The van der Waals surface area contributed by atoms with Gasteiger partial charge in [0, 0.05) is 30.1 Å². The number of hydrogen-bond donors (Lipinski definition) is 1. The predicted molar refractivity (Wildman–Crippen MR) is 100 cm³/mol. The van der Waals surface area contributed by atoms with Crippen molar-refractivity contribution >= 4 is 34.4 Å². The third kappa shape index (κ3) is 4.76. The van der Waals surface area contributed by atoms with Gasteiger partial charge < -0.3 is 9.84 Å². The highest BCUT2D eigenvalue weighted by Crippen LogP contribution is 2.33. The second-order valence-corrected chi connectivity index (χ2v) is 7.16. The second kappa shape index (κ2) is 8.80. The number of pyridine rings is 1. The first-order valence-electron chi connectivity index (χ1n) is 8.37. The fourth-order valence-corrected chi connectivity index (χ4v) is 3.60. The Morgan fingerprint density at radius 1 is 1.34 bits per heavy atom. The zero-order valence-corrected chi connectivity index (χ0v) is 15.7. The highest BCUT2D eigenvalue weighted by molar-refractivity contribution is 8.14. The monoisotopic (exact) mass is 417 g/mol. The normalized spacial score (nSPS) is 16.7. The third-order valence-corrected chi connectivity index (χ3v) is 5.21. The van der Waals surface area contributed by atoms with Gasteiger partial charge in [-0.1, -0.05) is 11.8 Å². The number of aromatic nitrogens is 1. The summed E-state index contributed by atoms with van der Waals surface area (Å²) in [6.07, 6.45) is 1.05. The fraction of sp³-hybridized carbons (Fsp3) is 0.222. The molecule has 0 saturated carbocycles. The molecule has 0 aliphatic carbocycles. The first kappa shape index (κ1) is 20.4. The minimum absolute atomic E-state index is 0.00333. The van der Waals surface area contributed by atoms with Gasteiger partial charge in [0.25, 0.3) is 5.69 Å². The molecule has 1 aliphatic heterocycles. The van der Waals surface area contributed by atoms with E-state index in [9.17, 15) is 29.6 Å². The standard InChI is InChI=1S/C18H15N3O7S/c22-14-8-15(29-18(25)12-2-1-7-19-9-12)20(14)16(23)17(24)28-10-11-3-5-13(6-4-11)21(26)27/h1-7,9,15-16,23H,8,10H2/t15-,16?/m0/s1. The van der Waals surface area contributed by atoms with Crippen LogP contribution in [0.25, 0.3) is 0 Å². The molecule has 0 spiro atoms. The number of hydrogen-bond acceptors (Lipinski definition) is 9. The van der Waals surface area contributed by atoms with E-state index in [1.165, 1.54) is 36.7 Å². The summed E-state index contributed by atoms with van der Waals surface area (Å²) < 4.78 is 4.98. The van der Waals surface area contributed by atoms with E-state index in [0.29, 0.717) is 11.1 Å². The lowest BCUT2D eigenvalue weighted by Gasteiger charge is -2.41. The van der Waals surface area contributed by atoms with Crippen molar-refractivity contribution in [2.75, 3.05) is 0 Å². The third-order valence-electron chi connectivity index (χ3n) is 4.09. The van der Waals surface area contributed by atoms with Crippen molar-refractivity contribution in [1.82, 2.24) is 9.88 Å². The first-order chi connectivity index (χ1) is 13.9. The van der Waals surface area contributed by atoms with Crippen molar-refractivity contribution in [3.05, 3.63) is 70.0 Å². The quantitative estimate of drug-likeness (QED) is 0.307. The number of ether oxygens (including phenoxy) is 1. The summed E-state index contributed by atoms with van der Waals surface area (Å²) in [7, 11) is 0. The van der Waals surface area contributed by atoms with Gasteiger partial charge in [-0.2, -0.15) is 0 Å². The number of rotatable bonds is 7. The highest BCUT2D eigenvalue weighted by atomic mass is 32.2. The Balaban J connectivity index is 1.55. The number of carbonyl (C=O) groups is 3. The van der Waals surface area contributed by atoms with E-state index in [4.69, 9.17) is 4.74 Å². The van der Waals surface area contributed by atoms with Crippen LogP contribution >= 0.6 is 11.8 Å². The summed E-state index contributed by atoms with van der Waals surface area (Å²) in [5, 5.41) is 19.8. The molecule has 3 rings (SSSR count). The van der Waals surface area contributed by atoms with Gasteiger partial charge in [0.2, 0.25) is 17.3 Å². The van der Waals surface area contributed by atoms with E-state index < -0.39 is 28.4 Å². The number of amides is 1. The van der Waals surface area contributed by atoms with Gasteiger partial charge in [-0.3, -0.25) is 29.6 Å². The van der Waals surface area contributed by atoms with Crippen LogP contribution in [-0.4, -0.2) is 48.5 Å². The molecular weight excluding hydrogens is 402 g/mol. The Kier molecular flexibility index (Phi) is 6.20. The lowest BCUT2D eigenvalue weighted by molar-refractivity contribution is -0.384. The Bertz CT molecular complexity index is 936. The number of aliphatic hydroxyl groups is 1. The molecule has 1 unspecified atom stereocenters. The summed E-state index contributed by atoms with van der Waals surface area (Å²) in [5.74, 6) is -1.54. The fourth-order valence-electron chi connectivity index (χ4n) is 2.53. The summed E-state index contributed by atoms with van der Waals surface area (Å²) in [4.78, 5) is 51.0. The number of likely N-dealkylation sites (tertiary alicyclic amines) is 1. The molecule has 2 aromatic rings. The average molecular weight is 417 g/mol. The topological polar surface area (TPSA) is 140 Å². The number of thioether (sulfide) groups is 1. The Hall–Kier alpha value is -3.31. The van der Waals surface area contributed by atoms with E-state index in [0.717, 1.165) is 16.7 Å². The van der Waals surface area contributed by atoms with E-state index in [1.807, 2.05) is 0 Å². The molecule has 1 N–H and O–H groups in total. The molecule has 2 heterocycles. The molecule has 1 aliphatic rings. The van der Waals surface area contributed by atoms with Crippen LogP contribution in [0.4, 0.5) is 5.69 Å². The largest absolute Gasteiger partial charge is 0.457 e. The number of carbonyl (C=O) groups excluding carboxylic acids is 3. The molecule has 1 aromatic heterocycles. The van der Waals surface area contributed by atoms with Crippen molar-refractivity contribution in [2.24, 2.45) is 0 Å². The zero-order chi connectivity index (χ0) is 21.0. The summed E-state index contributed by atoms with van der Waals surface area (Å²) in [6.45, 7) is -0.234. The maximum Gasteiger partial charge on any atom is 0.356 e. The molecule has 150 valence electrons. The van der Waals surface area contributed by atoms with Crippen LogP contribution in [0.3, 0.4) is 0 Å². The number of non-ortho nitro benzene ring substituents is 1. The highest BCUT2D eigenvalue weighted by Gasteiger charge is 2.45. The molecule has 11 heteroatoms. The Morgan fingerprint density at radius 2 is 2.07 bits per heavy atom. The number of nitrogens with zero attached hydrogens (tertiary/aromatic N) is 3. The molecule has 1 fully saturated rings. The van der Waals surface area contributed by atoms with Gasteiger partial charge in [-0.25, -0.2) is 4.79 Å². The van der Waals surface area contributed by atoms with Gasteiger partial charge in [-0.15, -0.1) is 0 Å². The molecule has 1 aromatic carbocycles. The second-order valence-electron chi connectivity index (χ2n) is 6.01. The molecular formula is C18H15N3O7S. The molecule has 10 nitrogen and oxygen atoms in total. The van der Waals surface area contributed by atoms with E-state index in [2.05, 4.69) is 4.98 Å². The smallest absolute Gasteiger partial charge is 0.356 e. The van der Waals surface area contributed by atoms with Crippen LogP contribution in [0.15, 0.2) is 48.8 Å². The number of esters is 1. The van der Waals surface area contributed by atoms with E-state index >= 15 is 0 Å². The van der Waals surface area contributed by atoms with Crippen molar-refractivity contribution < 1.29 is 29.2 Å².